The number of para-hydroxylation sites is 1. The standard InChI is InChI=1S/C26H17NO6/c28-23-14-17(24-18-7-2-1-6-16(18)11-12-21(24)33-23)15-32-26(30)19-8-3-4-9-20(19)27-25(29)22-10-5-13-31-22/h1-14H,15H2,(H,27,29). The monoisotopic (exact) mass is 439 g/mol. The third-order valence-corrected chi connectivity index (χ3v) is 5.21. The fourth-order valence-corrected chi connectivity index (χ4v) is 3.72. The molecule has 0 aliphatic rings. The molecule has 0 saturated heterocycles. The van der Waals surface area contributed by atoms with Gasteiger partial charge in [-0.2, -0.15) is 0 Å². The van der Waals surface area contributed by atoms with Gasteiger partial charge in [-0.15, -0.1) is 0 Å². The Morgan fingerprint density at radius 2 is 1.73 bits per heavy atom. The molecule has 2 heterocycles. The Morgan fingerprint density at radius 3 is 2.58 bits per heavy atom. The van der Waals surface area contributed by atoms with E-state index in [-0.39, 0.29) is 23.6 Å². The van der Waals surface area contributed by atoms with Crippen molar-refractivity contribution in [3.63, 3.8) is 0 Å². The summed E-state index contributed by atoms with van der Waals surface area (Å²) in [7, 11) is 0. The van der Waals surface area contributed by atoms with E-state index in [1.807, 2.05) is 30.3 Å². The second kappa shape index (κ2) is 8.47. The number of hydrogen-bond donors (Lipinski definition) is 1. The molecule has 7 heteroatoms. The molecule has 0 spiro atoms. The molecule has 0 aliphatic heterocycles. The summed E-state index contributed by atoms with van der Waals surface area (Å²) in [6.45, 7) is -0.143. The normalized spacial score (nSPS) is 10.9. The SMILES string of the molecule is O=C(Nc1ccccc1C(=O)OCc1cc(=O)oc2ccc3ccccc3c12)c1ccco1. The molecule has 1 N–H and O–H groups in total. The van der Waals surface area contributed by atoms with Gasteiger partial charge < -0.3 is 18.9 Å². The van der Waals surface area contributed by atoms with Crippen LogP contribution in [0.4, 0.5) is 5.69 Å². The van der Waals surface area contributed by atoms with Crippen LogP contribution >= 0.6 is 0 Å². The number of furan rings is 1. The molecule has 3 aromatic carbocycles. The second-order valence-corrected chi connectivity index (χ2v) is 7.30. The molecule has 0 atom stereocenters. The van der Waals surface area contributed by atoms with Gasteiger partial charge in [-0.3, -0.25) is 4.79 Å². The lowest BCUT2D eigenvalue weighted by Gasteiger charge is -2.12. The fraction of sp³-hybridized carbons (Fsp3) is 0.0385. The van der Waals surface area contributed by atoms with Gasteiger partial charge in [-0.25, -0.2) is 9.59 Å². The number of nitrogens with one attached hydrogen (secondary N) is 1. The Hall–Kier alpha value is -4.65. The summed E-state index contributed by atoms with van der Waals surface area (Å²) >= 11 is 0. The fourth-order valence-electron chi connectivity index (χ4n) is 3.72. The van der Waals surface area contributed by atoms with Crippen molar-refractivity contribution in [2.45, 2.75) is 6.61 Å². The maximum absolute atomic E-state index is 12.9. The second-order valence-electron chi connectivity index (χ2n) is 7.30. The number of carbonyl (C=O) groups excluding carboxylic acids is 2. The highest BCUT2D eigenvalue weighted by Gasteiger charge is 2.18. The molecule has 0 unspecified atom stereocenters. The third kappa shape index (κ3) is 3.99. The molecule has 2 aromatic heterocycles. The summed E-state index contributed by atoms with van der Waals surface area (Å²) in [5.74, 6) is -1.02. The zero-order chi connectivity index (χ0) is 22.8. The van der Waals surface area contributed by atoms with Crippen molar-refractivity contribution in [1.29, 1.82) is 0 Å². The average molecular weight is 439 g/mol. The van der Waals surface area contributed by atoms with Crippen LogP contribution in [0.1, 0.15) is 26.5 Å². The van der Waals surface area contributed by atoms with E-state index in [0.29, 0.717) is 16.5 Å². The maximum Gasteiger partial charge on any atom is 0.340 e. The first-order chi connectivity index (χ1) is 16.1. The molecule has 162 valence electrons. The van der Waals surface area contributed by atoms with Crippen LogP contribution in [0.25, 0.3) is 21.7 Å². The van der Waals surface area contributed by atoms with Crippen molar-refractivity contribution in [2.75, 3.05) is 5.32 Å². The van der Waals surface area contributed by atoms with Crippen LogP contribution in [-0.2, 0) is 11.3 Å². The summed E-state index contributed by atoms with van der Waals surface area (Å²) in [4.78, 5) is 37.3. The van der Waals surface area contributed by atoms with Crippen LogP contribution in [0.2, 0.25) is 0 Å². The van der Waals surface area contributed by atoms with E-state index in [1.54, 1.807) is 36.4 Å². The highest BCUT2D eigenvalue weighted by molar-refractivity contribution is 6.08. The molecule has 0 saturated carbocycles. The van der Waals surface area contributed by atoms with Crippen molar-refractivity contribution in [2.24, 2.45) is 0 Å². The van der Waals surface area contributed by atoms with Crippen LogP contribution in [-0.4, -0.2) is 11.9 Å². The Bertz CT molecular complexity index is 1550. The predicted molar refractivity (Wildman–Crippen MR) is 122 cm³/mol. The maximum atomic E-state index is 12.9. The van der Waals surface area contributed by atoms with E-state index in [1.165, 1.54) is 18.4 Å². The van der Waals surface area contributed by atoms with E-state index in [2.05, 4.69) is 5.32 Å². The van der Waals surface area contributed by atoms with Gasteiger partial charge in [0.25, 0.3) is 5.91 Å². The highest BCUT2D eigenvalue weighted by atomic mass is 16.5. The zero-order valence-corrected chi connectivity index (χ0v) is 17.2. The van der Waals surface area contributed by atoms with Crippen molar-refractivity contribution in [1.82, 2.24) is 0 Å². The van der Waals surface area contributed by atoms with E-state index >= 15 is 0 Å². The highest BCUT2D eigenvalue weighted by Crippen LogP contribution is 2.28. The van der Waals surface area contributed by atoms with Gasteiger partial charge in [0, 0.05) is 17.0 Å². The Labute approximate surface area is 187 Å². The first-order valence-corrected chi connectivity index (χ1v) is 10.2. The number of fused-ring (bicyclic) bond motifs is 3. The zero-order valence-electron chi connectivity index (χ0n) is 17.2. The third-order valence-electron chi connectivity index (χ3n) is 5.21. The van der Waals surface area contributed by atoms with Crippen molar-refractivity contribution in [3.05, 3.63) is 112 Å². The first-order valence-electron chi connectivity index (χ1n) is 10.2. The van der Waals surface area contributed by atoms with Gasteiger partial charge >= 0.3 is 11.6 Å². The number of rotatable bonds is 5. The van der Waals surface area contributed by atoms with Crippen molar-refractivity contribution in [3.8, 4) is 0 Å². The number of anilines is 1. The van der Waals surface area contributed by atoms with E-state index in [0.717, 1.165) is 10.8 Å². The summed E-state index contributed by atoms with van der Waals surface area (Å²) in [5.41, 5.74) is 0.873. The smallest absolute Gasteiger partial charge is 0.340 e. The molecule has 0 aliphatic carbocycles. The largest absolute Gasteiger partial charge is 0.459 e. The molecule has 0 fully saturated rings. The number of hydrogen-bond acceptors (Lipinski definition) is 6. The van der Waals surface area contributed by atoms with Gasteiger partial charge in [0.05, 0.1) is 17.5 Å². The lowest BCUT2D eigenvalue weighted by atomic mass is 10.0. The topological polar surface area (TPSA) is 98.8 Å². The number of ether oxygens (including phenoxy) is 1. The number of amides is 1. The predicted octanol–water partition coefficient (Wildman–Crippen LogP) is 5.15. The van der Waals surface area contributed by atoms with Gasteiger partial charge in [0.15, 0.2) is 5.76 Å². The van der Waals surface area contributed by atoms with Crippen LogP contribution in [0.5, 0.6) is 0 Å². The van der Waals surface area contributed by atoms with Gasteiger partial charge in [-0.05, 0) is 41.1 Å². The molecule has 5 aromatic rings. The van der Waals surface area contributed by atoms with E-state index in [9.17, 15) is 14.4 Å². The van der Waals surface area contributed by atoms with Crippen LogP contribution in [0, 0.1) is 0 Å². The minimum Gasteiger partial charge on any atom is -0.459 e. The number of esters is 1. The Kier molecular flexibility index (Phi) is 5.20. The first kappa shape index (κ1) is 20.3. The number of carbonyl (C=O) groups is 2. The van der Waals surface area contributed by atoms with E-state index in [4.69, 9.17) is 13.6 Å². The van der Waals surface area contributed by atoms with Crippen LogP contribution in [0.15, 0.2) is 98.8 Å². The Balaban J connectivity index is 1.44. The lowest BCUT2D eigenvalue weighted by molar-refractivity contribution is 0.0475. The minimum atomic E-state index is -0.646. The van der Waals surface area contributed by atoms with Crippen LogP contribution < -0.4 is 10.9 Å². The minimum absolute atomic E-state index is 0.118. The van der Waals surface area contributed by atoms with Gasteiger partial charge in [-0.1, -0.05) is 42.5 Å². The molecule has 5 rings (SSSR count). The molecular weight excluding hydrogens is 422 g/mol. The molecule has 0 bridgehead atoms. The van der Waals surface area contributed by atoms with E-state index < -0.39 is 17.5 Å². The van der Waals surface area contributed by atoms with Crippen molar-refractivity contribution >= 4 is 39.3 Å². The summed E-state index contributed by atoms with van der Waals surface area (Å²) in [6.07, 6.45) is 1.39. The molecule has 1 amide bonds. The summed E-state index contributed by atoms with van der Waals surface area (Å²) in [5, 5.41) is 5.22. The van der Waals surface area contributed by atoms with Crippen LogP contribution in [0.3, 0.4) is 0 Å². The molecule has 0 radical (unpaired) electrons. The molecular formula is C26H17NO6. The molecule has 33 heavy (non-hydrogen) atoms. The summed E-state index contributed by atoms with van der Waals surface area (Å²) < 4.78 is 16.0. The van der Waals surface area contributed by atoms with Crippen molar-refractivity contribution < 1.29 is 23.2 Å². The lowest BCUT2D eigenvalue weighted by Crippen LogP contribution is -2.15. The molecule has 7 nitrogen and oxygen atoms in total. The number of benzene rings is 3. The summed E-state index contributed by atoms with van der Waals surface area (Å²) in [6, 6.07) is 22.2. The van der Waals surface area contributed by atoms with Gasteiger partial charge in [0.1, 0.15) is 12.2 Å². The quantitative estimate of drug-likeness (QED) is 0.231. The average Bonchev–Trinajstić information content (AvgIpc) is 3.37. The van der Waals surface area contributed by atoms with Gasteiger partial charge in [0.2, 0.25) is 0 Å². The Morgan fingerprint density at radius 1 is 0.909 bits per heavy atom.